The Bertz CT molecular complexity index is 395. The average molecular weight is 277 g/mol. The van der Waals surface area contributed by atoms with Gasteiger partial charge in [0.25, 0.3) is 0 Å². The smallest absolute Gasteiger partial charge is 0.119 e. The van der Waals surface area contributed by atoms with E-state index in [1.165, 1.54) is 0 Å². The standard InChI is InChI=1S/C16H23NO3/c1-14(2)13-19-11-10-18-8-3-9-20-16-6-4-15(12-17)5-7-16/h4-7,14H,3,8-11,13H2,1-2H3. The number of benzene rings is 1. The number of hydrogen-bond donors (Lipinski definition) is 0. The second-order valence-corrected chi connectivity index (χ2v) is 4.92. The number of nitriles is 1. The van der Waals surface area contributed by atoms with Crippen molar-refractivity contribution in [2.24, 2.45) is 5.92 Å². The third kappa shape index (κ3) is 7.78. The van der Waals surface area contributed by atoms with Gasteiger partial charge in [-0.3, -0.25) is 0 Å². The van der Waals surface area contributed by atoms with Crippen molar-refractivity contribution in [2.75, 3.05) is 33.0 Å². The normalized spacial score (nSPS) is 10.5. The molecular weight excluding hydrogens is 254 g/mol. The minimum absolute atomic E-state index is 0.566. The van der Waals surface area contributed by atoms with Gasteiger partial charge in [-0.05, 0) is 30.2 Å². The topological polar surface area (TPSA) is 51.5 Å². The molecule has 1 aromatic carbocycles. The minimum atomic E-state index is 0.566. The van der Waals surface area contributed by atoms with Gasteiger partial charge in [-0.15, -0.1) is 0 Å². The van der Waals surface area contributed by atoms with E-state index in [4.69, 9.17) is 19.5 Å². The van der Waals surface area contributed by atoms with Gasteiger partial charge in [-0.1, -0.05) is 13.8 Å². The van der Waals surface area contributed by atoms with Gasteiger partial charge in [0.2, 0.25) is 0 Å². The summed E-state index contributed by atoms with van der Waals surface area (Å²) in [6.07, 6.45) is 0.837. The quantitative estimate of drug-likeness (QED) is 0.617. The maximum absolute atomic E-state index is 8.68. The Morgan fingerprint density at radius 1 is 1.00 bits per heavy atom. The summed E-state index contributed by atoms with van der Waals surface area (Å²) in [5, 5.41) is 8.68. The summed E-state index contributed by atoms with van der Waals surface area (Å²) in [5.74, 6) is 1.35. The molecule has 0 aliphatic rings. The summed E-state index contributed by atoms with van der Waals surface area (Å²) in [7, 11) is 0. The molecule has 0 amide bonds. The van der Waals surface area contributed by atoms with Crippen LogP contribution in [0.5, 0.6) is 5.75 Å². The predicted octanol–water partition coefficient (Wildman–Crippen LogP) is 3.02. The lowest BCUT2D eigenvalue weighted by Crippen LogP contribution is -2.10. The molecule has 0 heterocycles. The predicted molar refractivity (Wildman–Crippen MR) is 77.7 cm³/mol. The minimum Gasteiger partial charge on any atom is -0.494 e. The second kappa shape index (κ2) is 10.2. The highest BCUT2D eigenvalue weighted by Crippen LogP contribution is 2.11. The fourth-order valence-electron chi connectivity index (χ4n) is 1.52. The van der Waals surface area contributed by atoms with Crippen LogP contribution in [0.3, 0.4) is 0 Å². The zero-order valence-electron chi connectivity index (χ0n) is 12.3. The molecule has 0 radical (unpaired) electrons. The van der Waals surface area contributed by atoms with Gasteiger partial charge in [0.05, 0.1) is 31.5 Å². The van der Waals surface area contributed by atoms with E-state index >= 15 is 0 Å². The first-order chi connectivity index (χ1) is 9.72. The molecule has 110 valence electrons. The third-order valence-electron chi connectivity index (χ3n) is 2.51. The van der Waals surface area contributed by atoms with E-state index < -0.39 is 0 Å². The van der Waals surface area contributed by atoms with E-state index in [9.17, 15) is 0 Å². The molecule has 20 heavy (non-hydrogen) atoms. The van der Waals surface area contributed by atoms with Gasteiger partial charge in [0.15, 0.2) is 0 Å². The van der Waals surface area contributed by atoms with Crippen LogP contribution in [-0.2, 0) is 9.47 Å². The SMILES string of the molecule is CC(C)COCCOCCCOc1ccc(C#N)cc1. The second-order valence-electron chi connectivity index (χ2n) is 4.92. The van der Waals surface area contributed by atoms with Crippen molar-refractivity contribution < 1.29 is 14.2 Å². The maximum atomic E-state index is 8.68. The van der Waals surface area contributed by atoms with Crippen LogP contribution in [0.4, 0.5) is 0 Å². The first-order valence-corrected chi connectivity index (χ1v) is 7.01. The Hall–Kier alpha value is -1.57. The van der Waals surface area contributed by atoms with E-state index in [2.05, 4.69) is 19.9 Å². The molecule has 4 heteroatoms. The zero-order chi connectivity index (χ0) is 14.6. The zero-order valence-corrected chi connectivity index (χ0v) is 12.3. The fourth-order valence-corrected chi connectivity index (χ4v) is 1.52. The molecule has 0 aromatic heterocycles. The molecule has 0 atom stereocenters. The van der Waals surface area contributed by atoms with Crippen molar-refractivity contribution in [1.29, 1.82) is 5.26 Å². The molecule has 0 saturated heterocycles. The number of rotatable bonds is 10. The molecule has 4 nitrogen and oxygen atoms in total. The summed E-state index contributed by atoms with van der Waals surface area (Å²) < 4.78 is 16.4. The van der Waals surface area contributed by atoms with Gasteiger partial charge in [0.1, 0.15) is 5.75 Å². The van der Waals surface area contributed by atoms with Crippen LogP contribution in [0.2, 0.25) is 0 Å². The first kappa shape index (κ1) is 16.5. The Balaban J connectivity index is 1.95. The average Bonchev–Trinajstić information content (AvgIpc) is 2.46. The van der Waals surface area contributed by atoms with Gasteiger partial charge in [-0.25, -0.2) is 0 Å². The lowest BCUT2D eigenvalue weighted by Gasteiger charge is -2.08. The highest BCUT2D eigenvalue weighted by molar-refractivity contribution is 5.34. The van der Waals surface area contributed by atoms with Gasteiger partial charge >= 0.3 is 0 Å². The van der Waals surface area contributed by atoms with E-state index in [1.807, 2.05) is 0 Å². The molecule has 1 rings (SSSR count). The molecule has 0 spiro atoms. The lowest BCUT2D eigenvalue weighted by molar-refractivity contribution is 0.0343. The van der Waals surface area contributed by atoms with Crippen molar-refractivity contribution in [3.05, 3.63) is 29.8 Å². The van der Waals surface area contributed by atoms with Gasteiger partial charge in [-0.2, -0.15) is 5.26 Å². The molecule has 0 saturated carbocycles. The summed E-state index contributed by atoms with van der Waals surface area (Å²) in [4.78, 5) is 0. The Kier molecular flexibility index (Phi) is 8.44. The Morgan fingerprint density at radius 3 is 2.35 bits per heavy atom. The Labute approximate surface area is 121 Å². The third-order valence-corrected chi connectivity index (χ3v) is 2.51. The molecule has 0 aliphatic carbocycles. The molecule has 1 aromatic rings. The highest BCUT2D eigenvalue weighted by atomic mass is 16.5. The number of nitrogens with zero attached hydrogens (tertiary/aromatic N) is 1. The van der Waals surface area contributed by atoms with Crippen LogP contribution < -0.4 is 4.74 Å². The van der Waals surface area contributed by atoms with Crippen LogP contribution in [-0.4, -0.2) is 33.0 Å². The molecule has 0 unspecified atom stereocenters. The summed E-state index contributed by atoms with van der Waals surface area (Å²) in [6.45, 7) is 7.59. The highest BCUT2D eigenvalue weighted by Gasteiger charge is 1.96. The van der Waals surface area contributed by atoms with Crippen molar-refractivity contribution in [2.45, 2.75) is 20.3 Å². The lowest BCUT2D eigenvalue weighted by atomic mass is 10.2. The molecule has 0 fully saturated rings. The number of hydrogen-bond acceptors (Lipinski definition) is 4. The van der Waals surface area contributed by atoms with Crippen molar-refractivity contribution >= 4 is 0 Å². The van der Waals surface area contributed by atoms with Crippen LogP contribution in [0.25, 0.3) is 0 Å². The van der Waals surface area contributed by atoms with Crippen LogP contribution in [0.1, 0.15) is 25.8 Å². The molecule has 0 aliphatic heterocycles. The van der Waals surface area contributed by atoms with Crippen molar-refractivity contribution in [1.82, 2.24) is 0 Å². The van der Waals surface area contributed by atoms with Crippen molar-refractivity contribution in [3.8, 4) is 11.8 Å². The molecule has 0 N–H and O–H groups in total. The van der Waals surface area contributed by atoms with E-state index in [-0.39, 0.29) is 0 Å². The van der Waals surface area contributed by atoms with E-state index in [0.29, 0.717) is 37.9 Å². The monoisotopic (exact) mass is 277 g/mol. The summed E-state index contributed by atoms with van der Waals surface area (Å²) >= 11 is 0. The molecule has 0 bridgehead atoms. The molecular formula is C16H23NO3. The van der Waals surface area contributed by atoms with Crippen molar-refractivity contribution in [3.63, 3.8) is 0 Å². The van der Waals surface area contributed by atoms with Crippen LogP contribution in [0, 0.1) is 17.2 Å². The van der Waals surface area contributed by atoms with Gasteiger partial charge < -0.3 is 14.2 Å². The largest absolute Gasteiger partial charge is 0.494 e. The number of ether oxygens (including phenoxy) is 3. The van der Waals surface area contributed by atoms with Crippen LogP contribution >= 0.6 is 0 Å². The fraction of sp³-hybridized carbons (Fsp3) is 0.562. The summed E-state index contributed by atoms with van der Waals surface area (Å²) in [5.41, 5.74) is 0.641. The summed E-state index contributed by atoms with van der Waals surface area (Å²) in [6, 6.07) is 9.18. The van der Waals surface area contributed by atoms with E-state index in [1.54, 1.807) is 24.3 Å². The van der Waals surface area contributed by atoms with E-state index in [0.717, 1.165) is 18.8 Å². The van der Waals surface area contributed by atoms with Gasteiger partial charge in [0, 0.05) is 19.6 Å². The van der Waals surface area contributed by atoms with Crippen LogP contribution in [0.15, 0.2) is 24.3 Å². The first-order valence-electron chi connectivity index (χ1n) is 7.01. The Morgan fingerprint density at radius 2 is 1.70 bits per heavy atom. The maximum Gasteiger partial charge on any atom is 0.119 e.